The third-order valence-corrected chi connectivity index (χ3v) is 3.01. The molecule has 0 saturated carbocycles. The van der Waals surface area contributed by atoms with Crippen molar-refractivity contribution in [3.8, 4) is 0 Å². The number of likely N-dealkylation sites (tertiary alicyclic amines) is 1. The third kappa shape index (κ3) is 4.91. The smallest absolute Gasteiger partial charge is 0.382 e. The number of piperidine rings is 1. The molecule has 1 amide bonds. The van der Waals surface area contributed by atoms with Gasteiger partial charge in [0.1, 0.15) is 0 Å². The molecule has 1 rings (SSSR count). The molecule has 1 aliphatic rings. The summed E-state index contributed by atoms with van der Waals surface area (Å²) in [7, 11) is 0. The molecule has 7 heteroatoms. The van der Waals surface area contributed by atoms with Gasteiger partial charge in [-0.1, -0.05) is 0 Å². The van der Waals surface area contributed by atoms with Gasteiger partial charge in [0.15, 0.2) is 6.10 Å². The van der Waals surface area contributed by atoms with Crippen LogP contribution < -0.4 is 5.73 Å². The van der Waals surface area contributed by atoms with Gasteiger partial charge in [0.25, 0.3) is 0 Å². The molecule has 0 bridgehead atoms. The van der Waals surface area contributed by atoms with Crippen LogP contribution in [-0.4, -0.2) is 47.8 Å². The van der Waals surface area contributed by atoms with Crippen molar-refractivity contribution in [2.24, 2.45) is 11.7 Å². The number of nitrogens with two attached hydrogens (primary N) is 1. The maximum absolute atomic E-state index is 12.1. The first-order valence-corrected chi connectivity index (χ1v) is 5.54. The van der Waals surface area contributed by atoms with Gasteiger partial charge in [0, 0.05) is 13.0 Å². The van der Waals surface area contributed by atoms with Gasteiger partial charge >= 0.3 is 6.18 Å². The van der Waals surface area contributed by atoms with E-state index in [2.05, 4.69) is 0 Å². The van der Waals surface area contributed by atoms with Crippen LogP contribution in [-0.2, 0) is 4.79 Å². The monoisotopic (exact) mass is 254 g/mol. The zero-order valence-corrected chi connectivity index (χ0v) is 9.41. The maximum atomic E-state index is 12.1. The Hall–Kier alpha value is -0.820. The number of aliphatic hydroxyl groups excluding tert-OH is 1. The van der Waals surface area contributed by atoms with Crippen LogP contribution in [0.4, 0.5) is 13.2 Å². The van der Waals surface area contributed by atoms with Crippen LogP contribution in [0.2, 0.25) is 0 Å². The molecule has 100 valence electrons. The third-order valence-electron chi connectivity index (χ3n) is 3.01. The number of rotatable bonds is 4. The van der Waals surface area contributed by atoms with Crippen molar-refractivity contribution in [1.29, 1.82) is 0 Å². The summed E-state index contributed by atoms with van der Waals surface area (Å²) in [6.07, 6.45) is -5.28. The molecule has 3 N–H and O–H groups in total. The number of alkyl halides is 3. The first kappa shape index (κ1) is 14.2. The summed E-state index contributed by atoms with van der Waals surface area (Å²) in [6, 6.07) is 0. The summed E-state index contributed by atoms with van der Waals surface area (Å²) < 4.78 is 36.3. The van der Waals surface area contributed by atoms with Crippen molar-refractivity contribution >= 4 is 5.91 Å². The van der Waals surface area contributed by atoms with E-state index >= 15 is 0 Å². The van der Waals surface area contributed by atoms with Crippen molar-refractivity contribution in [1.82, 2.24) is 4.90 Å². The molecule has 0 aliphatic carbocycles. The Balaban J connectivity index is 2.30. The van der Waals surface area contributed by atoms with Crippen LogP contribution in [0.25, 0.3) is 0 Å². The van der Waals surface area contributed by atoms with Crippen LogP contribution in [0, 0.1) is 5.92 Å². The molecule has 1 unspecified atom stereocenters. The molecule has 1 saturated heterocycles. The van der Waals surface area contributed by atoms with E-state index in [0.717, 1.165) is 0 Å². The second-order valence-electron chi connectivity index (χ2n) is 4.47. The van der Waals surface area contributed by atoms with Crippen molar-refractivity contribution < 1.29 is 23.1 Å². The number of carbonyl (C=O) groups is 1. The lowest BCUT2D eigenvalue weighted by Gasteiger charge is -2.33. The van der Waals surface area contributed by atoms with E-state index in [1.54, 1.807) is 4.90 Å². The molecule has 1 atom stereocenters. The SMILES string of the molecule is NC(=O)CC1CCN(CC(O)C(F)(F)F)CC1. The van der Waals surface area contributed by atoms with E-state index in [0.29, 0.717) is 25.9 Å². The number of hydrogen-bond donors (Lipinski definition) is 2. The Labute approximate surface area is 97.6 Å². The normalized spacial score (nSPS) is 21.4. The number of β-amino-alcohol motifs (C(OH)–C–C–N with tert-alkyl or cyclic N) is 1. The molecule has 0 aromatic heterocycles. The van der Waals surface area contributed by atoms with Gasteiger partial charge in [-0.05, 0) is 31.8 Å². The molecule has 1 heterocycles. The fourth-order valence-electron chi connectivity index (χ4n) is 2.01. The largest absolute Gasteiger partial charge is 0.415 e. The van der Waals surface area contributed by atoms with E-state index in [9.17, 15) is 18.0 Å². The summed E-state index contributed by atoms with van der Waals surface area (Å²) in [5.41, 5.74) is 5.05. The molecule has 0 spiro atoms. The topological polar surface area (TPSA) is 66.6 Å². The minimum atomic E-state index is -4.57. The van der Waals surface area contributed by atoms with Gasteiger partial charge in [-0.15, -0.1) is 0 Å². The molecule has 4 nitrogen and oxygen atoms in total. The van der Waals surface area contributed by atoms with E-state index in [1.165, 1.54) is 0 Å². The van der Waals surface area contributed by atoms with Crippen LogP contribution in [0.1, 0.15) is 19.3 Å². The summed E-state index contributed by atoms with van der Waals surface area (Å²) in [4.78, 5) is 12.2. The van der Waals surface area contributed by atoms with Gasteiger partial charge in [-0.25, -0.2) is 0 Å². The van der Waals surface area contributed by atoms with Crippen molar-refractivity contribution in [2.45, 2.75) is 31.5 Å². The molecule has 0 radical (unpaired) electrons. The second-order valence-corrected chi connectivity index (χ2v) is 4.47. The summed E-state index contributed by atoms with van der Waals surface area (Å²) >= 11 is 0. The van der Waals surface area contributed by atoms with Crippen LogP contribution in [0.3, 0.4) is 0 Å². The first-order chi connectivity index (χ1) is 7.79. The first-order valence-electron chi connectivity index (χ1n) is 5.54. The minimum absolute atomic E-state index is 0.159. The van der Waals surface area contributed by atoms with E-state index in [-0.39, 0.29) is 18.2 Å². The number of halogens is 3. The Kier molecular flexibility index (Phi) is 4.76. The number of carbonyl (C=O) groups excluding carboxylic acids is 1. The van der Waals surface area contributed by atoms with E-state index < -0.39 is 18.8 Å². The summed E-state index contributed by atoms with van der Waals surface area (Å²) in [5, 5.41) is 8.91. The van der Waals surface area contributed by atoms with Gasteiger partial charge < -0.3 is 15.7 Å². The standard InChI is InChI=1S/C10H17F3N2O2/c11-10(12,13)8(16)6-15-3-1-7(2-4-15)5-9(14)17/h7-8,16H,1-6H2,(H2,14,17). The lowest BCUT2D eigenvalue weighted by molar-refractivity contribution is -0.208. The van der Waals surface area contributed by atoms with Gasteiger partial charge in [0.05, 0.1) is 0 Å². The average molecular weight is 254 g/mol. The highest BCUT2D eigenvalue weighted by atomic mass is 19.4. The van der Waals surface area contributed by atoms with Crippen molar-refractivity contribution in [2.75, 3.05) is 19.6 Å². The molecule has 1 aliphatic heterocycles. The fraction of sp³-hybridized carbons (Fsp3) is 0.900. The fourth-order valence-corrected chi connectivity index (χ4v) is 2.01. The highest BCUT2D eigenvalue weighted by Crippen LogP contribution is 2.24. The second kappa shape index (κ2) is 5.68. The van der Waals surface area contributed by atoms with Gasteiger partial charge in [0.2, 0.25) is 5.91 Å². The van der Waals surface area contributed by atoms with E-state index in [4.69, 9.17) is 10.8 Å². The van der Waals surface area contributed by atoms with Crippen molar-refractivity contribution in [3.05, 3.63) is 0 Å². The number of nitrogens with zero attached hydrogens (tertiary/aromatic N) is 1. The summed E-state index contributed by atoms with van der Waals surface area (Å²) in [6.45, 7) is 0.531. The molecule has 0 aromatic rings. The molecular weight excluding hydrogens is 237 g/mol. The number of aliphatic hydroxyl groups is 1. The minimum Gasteiger partial charge on any atom is -0.382 e. The Morgan fingerprint density at radius 2 is 1.94 bits per heavy atom. The highest BCUT2D eigenvalue weighted by molar-refractivity contribution is 5.73. The Bertz CT molecular complexity index is 263. The quantitative estimate of drug-likeness (QED) is 0.767. The molecule has 17 heavy (non-hydrogen) atoms. The van der Waals surface area contributed by atoms with Crippen LogP contribution in [0.15, 0.2) is 0 Å². The molecule has 1 fully saturated rings. The van der Waals surface area contributed by atoms with E-state index in [1.807, 2.05) is 0 Å². The van der Waals surface area contributed by atoms with Crippen LogP contribution in [0.5, 0.6) is 0 Å². The highest BCUT2D eigenvalue weighted by Gasteiger charge is 2.39. The number of hydrogen-bond acceptors (Lipinski definition) is 3. The number of amides is 1. The Morgan fingerprint density at radius 3 is 2.35 bits per heavy atom. The zero-order chi connectivity index (χ0) is 13.1. The van der Waals surface area contributed by atoms with Crippen LogP contribution >= 0.6 is 0 Å². The zero-order valence-electron chi connectivity index (χ0n) is 9.41. The molecular formula is C10H17F3N2O2. The van der Waals surface area contributed by atoms with Gasteiger partial charge in [-0.3, -0.25) is 4.79 Å². The Morgan fingerprint density at radius 1 is 1.41 bits per heavy atom. The van der Waals surface area contributed by atoms with Gasteiger partial charge in [-0.2, -0.15) is 13.2 Å². The average Bonchev–Trinajstić information content (AvgIpc) is 2.18. The lowest BCUT2D eigenvalue weighted by atomic mass is 9.93. The lowest BCUT2D eigenvalue weighted by Crippen LogP contribution is -2.44. The van der Waals surface area contributed by atoms with Crippen molar-refractivity contribution in [3.63, 3.8) is 0 Å². The maximum Gasteiger partial charge on any atom is 0.415 e. The molecule has 0 aromatic carbocycles. The number of primary amides is 1. The predicted octanol–water partition coefficient (Wildman–Crippen LogP) is 0.497. The summed E-state index contributed by atoms with van der Waals surface area (Å²) in [5.74, 6) is -0.217. The predicted molar refractivity (Wildman–Crippen MR) is 55.0 cm³/mol.